The maximum absolute atomic E-state index is 12.8. The molecular weight excluding hydrogens is 392 g/mol. The van der Waals surface area contributed by atoms with Crippen molar-refractivity contribution in [3.05, 3.63) is 58.6 Å². The molecule has 7 heteroatoms. The molecule has 2 aromatic rings. The molecule has 2 amide bonds. The molecule has 0 aliphatic carbocycles. The van der Waals surface area contributed by atoms with E-state index in [1.165, 1.54) is 0 Å². The highest BCUT2D eigenvalue weighted by Crippen LogP contribution is 2.32. The predicted molar refractivity (Wildman–Crippen MR) is 111 cm³/mol. The Bertz CT molecular complexity index is 870. The molecule has 0 spiro atoms. The van der Waals surface area contributed by atoms with Gasteiger partial charge in [-0.25, -0.2) is 0 Å². The second kappa shape index (κ2) is 9.65. The quantitative estimate of drug-likeness (QED) is 0.708. The molecular formula is C22H25ClN2O4. The van der Waals surface area contributed by atoms with Gasteiger partial charge in [-0.05, 0) is 48.7 Å². The summed E-state index contributed by atoms with van der Waals surface area (Å²) in [6.45, 7) is 4.60. The normalized spacial score (nSPS) is 13.1. The fraction of sp³-hybridized carbons (Fsp3) is 0.364. The van der Waals surface area contributed by atoms with Crippen LogP contribution in [0.2, 0.25) is 5.02 Å². The second-order valence-corrected chi connectivity index (χ2v) is 7.42. The van der Waals surface area contributed by atoms with Gasteiger partial charge >= 0.3 is 0 Å². The van der Waals surface area contributed by atoms with Gasteiger partial charge < -0.3 is 19.7 Å². The summed E-state index contributed by atoms with van der Waals surface area (Å²) < 4.78 is 10.7. The minimum absolute atomic E-state index is 0.0480. The first-order chi connectivity index (χ1) is 14.0. The van der Waals surface area contributed by atoms with E-state index in [1.54, 1.807) is 24.0 Å². The maximum Gasteiger partial charge on any atom is 0.242 e. The topological polar surface area (TPSA) is 67.9 Å². The molecule has 1 N–H and O–H groups in total. The summed E-state index contributed by atoms with van der Waals surface area (Å²) >= 11 is 5.95. The minimum Gasteiger partial charge on any atom is -0.454 e. The Kier molecular flexibility index (Phi) is 6.99. The fourth-order valence-corrected chi connectivity index (χ4v) is 3.24. The number of amides is 2. The number of nitrogens with zero attached hydrogens (tertiary/aromatic N) is 1. The lowest BCUT2D eigenvalue weighted by Gasteiger charge is -2.29. The standard InChI is InChI=1S/C22H25ClN2O4/c1-3-4-21(26)25(13-16-5-8-18(23)9-6-16)15(2)22(27)24-12-17-7-10-19-20(11-17)29-14-28-19/h5-11,15H,3-4,12-14H2,1-2H3,(H,24,27)/t15-/m0/s1. The van der Waals surface area contributed by atoms with E-state index in [2.05, 4.69) is 5.32 Å². The van der Waals surface area contributed by atoms with Gasteiger partial charge in [-0.15, -0.1) is 0 Å². The molecule has 1 aliphatic rings. The van der Waals surface area contributed by atoms with Crippen LogP contribution in [0.15, 0.2) is 42.5 Å². The summed E-state index contributed by atoms with van der Waals surface area (Å²) in [4.78, 5) is 27.0. The van der Waals surface area contributed by atoms with E-state index in [0.717, 1.165) is 17.5 Å². The van der Waals surface area contributed by atoms with Crippen molar-refractivity contribution < 1.29 is 19.1 Å². The van der Waals surface area contributed by atoms with Crippen LogP contribution in [0.4, 0.5) is 0 Å². The summed E-state index contributed by atoms with van der Waals surface area (Å²) in [5.74, 6) is 1.12. The summed E-state index contributed by atoms with van der Waals surface area (Å²) in [5.41, 5.74) is 1.83. The minimum atomic E-state index is -0.598. The highest BCUT2D eigenvalue weighted by atomic mass is 35.5. The molecule has 0 unspecified atom stereocenters. The fourth-order valence-electron chi connectivity index (χ4n) is 3.11. The van der Waals surface area contributed by atoms with Crippen LogP contribution >= 0.6 is 11.6 Å². The van der Waals surface area contributed by atoms with Gasteiger partial charge in [0, 0.05) is 24.5 Å². The molecule has 29 heavy (non-hydrogen) atoms. The molecule has 1 atom stereocenters. The van der Waals surface area contributed by atoms with E-state index in [1.807, 2.05) is 37.3 Å². The van der Waals surface area contributed by atoms with Gasteiger partial charge in [0.05, 0.1) is 0 Å². The first-order valence-electron chi connectivity index (χ1n) is 9.68. The zero-order chi connectivity index (χ0) is 20.8. The van der Waals surface area contributed by atoms with E-state index < -0.39 is 6.04 Å². The van der Waals surface area contributed by atoms with Crippen LogP contribution in [-0.2, 0) is 22.7 Å². The van der Waals surface area contributed by atoms with Gasteiger partial charge in [0.1, 0.15) is 6.04 Å². The average molecular weight is 417 g/mol. The third-order valence-electron chi connectivity index (χ3n) is 4.80. The van der Waals surface area contributed by atoms with Crippen molar-refractivity contribution in [1.29, 1.82) is 0 Å². The molecule has 6 nitrogen and oxygen atoms in total. The molecule has 0 bridgehead atoms. The number of fused-ring (bicyclic) bond motifs is 1. The number of nitrogens with one attached hydrogen (secondary N) is 1. The van der Waals surface area contributed by atoms with E-state index in [-0.39, 0.29) is 18.6 Å². The third-order valence-corrected chi connectivity index (χ3v) is 5.05. The van der Waals surface area contributed by atoms with Gasteiger partial charge in [0.15, 0.2) is 11.5 Å². The monoisotopic (exact) mass is 416 g/mol. The number of benzene rings is 2. The van der Waals surface area contributed by atoms with Gasteiger partial charge in [0.25, 0.3) is 0 Å². The third kappa shape index (κ3) is 5.41. The number of carbonyl (C=O) groups is 2. The first-order valence-corrected chi connectivity index (χ1v) is 10.1. The van der Waals surface area contributed by atoms with Crippen LogP contribution in [0.3, 0.4) is 0 Å². The Morgan fingerprint density at radius 1 is 1.10 bits per heavy atom. The molecule has 0 fully saturated rings. The highest BCUT2D eigenvalue weighted by molar-refractivity contribution is 6.30. The summed E-state index contributed by atoms with van der Waals surface area (Å²) in [7, 11) is 0. The Morgan fingerprint density at radius 3 is 2.52 bits per heavy atom. The molecule has 0 saturated heterocycles. The number of hydrogen-bond acceptors (Lipinski definition) is 4. The molecule has 0 saturated carbocycles. The van der Waals surface area contributed by atoms with E-state index >= 15 is 0 Å². The predicted octanol–water partition coefficient (Wildman–Crippen LogP) is 3.90. The van der Waals surface area contributed by atoms with Crippen molar-refractivity contribution in [1.82, 2.24) is 10.2 Å². The molecule has 1 aliphatic heterocycles. The number of halogens is 1. The lowest BCUT2D eigenvalue weighted by atomic mass is 10.1. The van der Waals surface area contributed by atoms with Crippen molar-refractivity contribution in [2.75, 3.05) is 6.79 Å². The zero-order valence-corrected chi connectivity index (χ0v) is 17.4. The molecule has 154 valence electrons. The van der Waals surface area contributed by atoms with Gasteiger partial charge in [-0.2, -0.15) is 0 Å². The smallest absolute Gasteiger partial charge is 0.242 e. The van der Waals surface area contributed by atoms with E-state index in [9.17, 15) is 9.59 Å². The van der Waals surface area contributed by atoms with Crippen molar-refractivity contribution >= 4 is 23.4 Å². The molecule has 2 aromatic carbocycles. The Hall–Kier alpha value is -2.73. The van der Waals surface area contributed by atoms with Crippen LogP contribution in [-0.4, -0.2) is 29.5 Å². The van der Waals surface area contributed by atoms with Gasteiger partial charge in [-0.3, -0.25) is 9.59 Å². The Morgan fingerprint density at radius 2 is 1.79 bits per heavy atom. The lowest BCUT2D eigenvalue weighted by molar-refractivity contribution is -0.140. The number of carbonyl (C=O) groups excluding carboxylic acids is 2. The van der Waals surface area contributed by atoms with Crippen LogP contribution < -0.4 is 14.8 Å². The van der Waals surface area contributed by atoms with Crippen molar-refractivity contribution in [3.63, 3.8) is 0 Å². The van der Waals surface area contributed by atoms with Crippen LogP contribution in [0.1, 0.15) is 37.8 Å². The summed E-state index contributed by atoms with van der Waals surface area (Å²) in [5, 5.41) is 3.55. The van der Waals surface area contributed by atoms with Crippen LogP contribution in [0.25, 0.3) is 0 Å². The van der Waals surface area contributed by atoms with Crippen molar-refractivity contribution in [2.45, 2.75) is 45.8 Å². The average Bonchev–Trinajstić information content (AvgIpc) is 3.19. The SMILES string of the molecule is CCCC(=O)N(Cc1ccc(Cl)cc1)[C@@H](C)C(=O)NCc1ccc2c(c1)OCO2. The largest absolute Gasteiger partial charge is 0.454 e. The Labute approximate surface area is 175 Å². The van der Waals surface area contributed by atoms with E-state index in [0.29, 0.717) is 36.0 Å². The van der Waals surface area contributed by atoms with Crippen LogP contribution in [0.5, 0.6) is 11.5 Å². The number of hydrogen-bond donors (Lipinski definition) is 1. The molecule has 1 heterocycles. The first kappa shape index (κ1) is 21.0. The van der Waals surface area contributed by atoms with Gasteiger partial charge in [0.2, 0.25) is 18.6 Å². The lowest BCUT2D eigenvalue weighted by Crippen LogP contribution is -2.47. The van der Waals surface area contributed by atoms with Gasteiger partial charge in [-0.1, -0.05) is 36.7 Å². The zero-order valence-electron chi connectivity index (χ0n) is 16.6. The highest BCUT2D eigenvalue weighted by Gasteiger charge is 2.25. The second-order valence-electron chi connectivity index (χ2n) is 6.98. The van der Waals surface area contributed by atoms with Crippen molar-refractivity contribution in [3.8, 4) is 11.5 Å². The number of rotatable bonds is 8. The molecule has 0 radical (unpaired) electrons. The molecule has 0 aromatic heterocycles. The van der Waals surface area contributed by atoms with Crippen molar-refractivity contribution in [2.24, 2.45) is 0 Å². The van der Waals surface area contributed by atoms with E-state index in [4.69, 9.17) is 21.1 Å². The number of ether oxygens (including phenoxy) is 2. The molecule has 3 rings (SSSR count). The maximum atomic E-state index is 12.8. The summed E-state index contributed by atoms with van der Waals surface area (Å²) in [6, 6.07) is 12.3. The summed E-state index contributed by atoms with van der Waals surface area (Å²) in [6.07, 6.45) is 1.12. The Balaban J connectivity index is 1.65. The van der Waals surface area contributed by atoms with Crippen LogP contribution in [0, 0.1) is 0 Å².